The predicted octanol–water partition coefficient (Wildman–Crippen LogP) is 4.93. The number of amides is 1. The molecule has 3 rings (SSSR count). The Labute approximate surface area is 186 Å². The number of ether oxygens (including phenoxy) is 1. The average Bonchev–Trinajstić information content (AvgIpc) is 2.70. The van der Waals surface area contributed by atoms with Gasteiger partial charge in [0.1, 0.15) is 11.7 Å². The summed E-state index contributed by atoms with van der Waals surface area (Å²) in [6.45, 7) is 7.37. The van der Waals surface area contributed by atoms with Gasteiger partial charge in [-0.1, -0.05) is 43.2 Å². The van der Waals surface area contributed by atoms with Crippen molar-refractivity contribution >= 4 is 14.3 Å². The third-order valence-corrected chi connectivity index (χ3v) is 6.59. The lowest BCUT2D eigenvalue weighted by molar-refractivity contribution is -0.114. The van der Waals surface area contributed by atoms with E-state index in [4.69, 9.17) is 9.26 Å². The summed E-state index contributed by atoms with van der Waals surface area (Å²) in [5, 5.41) is 3.70. The molecule has 0 radical (unpaired) electrons. The number of rotatable bonds is 7. The minimum absolute atomic E-state index is 0.355. The van der Waals surface area contributed by atoms with Crippen molar-refractivity contribution in [2.45, 2.75) is 71.0 Å². The van der Waals surface area contributed by atoms with Gasteiger partial charge in [-0.15, -0.1) is 9.42 Å². The fraction of sp³-hybridized carbons (Fsp3) is 0.696. The van der Waals surface area contributed by atoms with Gasteiger partial charge in [0, 0.05) is 24.2 Å². The van der Waals surface area contributed by atoms with Crippen LogP contribution in [-0.4, -0.2) is 52.3 Å². The van der Waals surface area contributed by atoms with Crippen LogP contribution >= 0.6 is 8.25 Å². The molecule has 4 atom stereocenters. The molecule has 31 heavy (non-hydrogen) atoms. The SMILES string of the molecule is CC(C)(C)OC(=O)N1CC2CCCCC2CN1CC(CCc1ccccc1)O[P+](=O)O. The van der Waals surface area contributed by atoms with E-state index < -0.39 is 20.0 Å². The molecule has 1 heterocycles. The smallest absolute Gasteiger partial charge is 0.443 e. The Bertz CT molecular complexity index is 739. The number of hydrazine groups is 1. The standard InChI is InChI=1S/C23H35N2O5P/c1-23(2,3)29-22(26)25-16-20-12-8-7-11-19(20)15-24(25)17-21(30-31(27)28)14-13-18-9-5-4-6-10-18/h4-6,9-10,19-21H,7-8,11-17H2,1-3H3/p+1. The summed E-state index contributed by atoms with van der Waals surface area (Å²) in [5.74, 6) is 1.01. The number of carbonyl (C=O) groups is 1. The number of hydrogen-bond donors (Lipinski definition) is 1. The summed E-state index contributed by atoms with van der Waals surface area (Å²) in [5.41, 5.74) is 0.573. The zero-order valence-corrected chi connectivity index (χ0v) is 19.8. The van der Waals surface area contributed by atoms with Gasteiger partial charge in [-0.2, -0.15) is 0 Å². The summed E-state index contributed by atoms with van der Waals surface area (Å²) < 4.78 is 22.6. The molecule has 7 nitrogen and oxygen atoms in total. The van der Waals surface area contributed by atoms with Gasteiger partial charge in [0.2, 0.25) is 0 Å². The molecule has 172 valence electrons. The highest BCUT2D eigenvalue weighted by atomic mass is 31.1. The molecular formula is C23H36N2O5P+. The van der Waals surface area contributed by atoms with Crippen molar-refractivity contribution in [3.63, 3.8) is 0 Å². The highest BCUT2D eigenvalue weighted by Gasteiger charge is 2.41. The van der Waals surface area contributed by atoms with E-state index in [1.807, 2.05) is 56.1 Å². The molecule has 2 aliphatic rings. The molecule has 0 aromatic heterocycles. The molecule has 1 aromatic rings. The Morgan fingerprint density at radius 3 is 2.42 bits per heavy atom. The molecular weight excluding hydrogens is 415 g/mol. The molecule has 1 aromatic carbocycles. The highest BCUT2D eigenvalue weighted by molar-refractivity contribution is 7.32. The summed E-state index contributed by atoms with van der Waals surface area (Å²) in [7, 11) is -2.73. The lowest BCUT2D eigenvalue weighted by Gasteiger charge is -2.48. The van der Waals surface area contributed by atoms with Gasteiger partial charge >= 0.3 is 14.3 Å². The molecule has 0 bridgehead atoms. The summed E-state index contributed by atoms with van der Waals surface area (Å²) in [4.78, 5) is 22.4. The summed E-state index contributed by atoms with van der Waals surface area (Å²) >= 11 is 0. The van der Waals surface area contributed by atoms with Gasteiger partial charge in [-0.3, -0.25) is 0 Å². The maximum absolute atomic E-state index is 13.0. The van der Waals surface area contributed by atoms with Crippen LogP contribution in [0.4, 0.5) is 4.79 Å². The van der Waals surface area contributed by atoms with Gasteiger partial charge in [0.25, 0.3) is 0 Å². The van der Waals surface area contributed by atoms with E-state index in [1.54, 1.807) is 5.01 Å². The normalized spacial score (nSPS) is 23.7. The van der Waals surface area contributed by atoms with Crippen LogP contribution in [0, 0.1) is 11.8 Å². The van der Waals surface area contributed by atoms with Crippen LogP contribution in [-0.2, 0) is 20.2 Å². The minimum atomic E-state index is -2.73. The van der Waals surface area contributed by atoms with Gasteiger partial charge in [-0.05, 0) is 63.9 Å². The van der Waals surface area contributed by atoms with Gasteiger partial charge in [0.15, 0.2) is 0 Å². The van der Waals surface area contributed by atoms with Crippen LogP contribution in [0.5, 0.6) is 0 Å². The minimum Gasteiger partial charge on any atom is -0.443 e. The van der Waals surface area contributed by atoms with Crippen molar-refractivity contribution in [3.8, 4) is 0 Å². The Morgan fingerprint density at radius 1 is 1.16 bits per heavy atom. The highest BCUT2D eigenvalue weighted by Crippen LogP contribution is 2.36. The Morgan fingerprint density at radius 2 is 1.81 bits per heavy atom. The number of fused-ring (bicyclic) bond motifs is 1. The summed E-state index contributed by atoms with van der Waals surface area (Å²) in [6.07, 6.45) is 5.24. The first-order valence-corrected chi connectivity index (χ1v) is 12.5. The lowest BCUT2D eigenvalue weighted by atomic mass is 9.78. The lowest BCUT2D eigenvalue weighted by Crippen LogP contribution is -2.59. The number of carbonyl (C=O) groups excluding carboxylic acids is 1. The zero-order chi connectivity index (χ0) is 22.4. The van der Waals surface area contributed by atoms with Crippen molar-refractivity contribution in [3.05, 3.63) is 35.9 Å². The topological polar surface area (TPSA) is 79.3 Å². The van der Waals surface area contributed by atoms with Crippen LogP contribution in [0.1, 0.15) is 58.4 Å². The number of aryl methyl sites for hydroxylation is 1. The Balaban J connectivity index is 1.72. The maximum Gasteiger partial charge on any atom is 0.695 e. The second kappa shape index (κ2) is 10.9. The van der Waals surface area contributed by atoms with Crippen molar-refractivity contribution in [1.82, 2.24) is 10.0 Å². The van der Waals surface area contributed by atoms with Crippen molar-refractivity contribution in [2.24, 2.45) is 11.8 Å². The molecule has 1 aliphatic heterocycles. The molecule has 2 fully saturated rings. The van der Waals surface area contributed by atoms with E-state index in [9.17, 15) is 14.3 Å². The molecule has 1 saturated heterocycles. The van der Waals surface area contributed by atoms with Gasteiger partial charge < -0.3 is 4.74 Å². The van der Waals surface area contributed by atoms with Crippen LogP contribution in [0.2, 0.25) is 0 Å². The van der Waals surface area contributed by atoms with Crippen molar-refractivity contribution < 1.29 is 23.5 Å². The van der Waals surface area contributed by atoms with Crippen molar-refractivity contribution in [2.75, 3.05) is 19.6 Å². The number of benzene rings is 1. The fourth-order valence-electron chi connectivity index (χ4n) is 4.66. The maximum atomic E-state index is 13.0. The van der Waals surface area contributed by atoms with E-state index >= 15 is 0 Å². The molecule has 1 aliphatic carbocycles. The van der Waals surface area contributed by atoms with E-state index in [1.165, 1.54) is 12.8 Å². The van der Waals surface area contributed by atoms with Crippen molar-refractivity contribution in [1.29, 1.82) is 0 Å². The largest absolute Gasteiger partial charge is 0.695 e. The molecule has 4 unspecified atom stereocenters. The Hall–Kier alpha value is -1.53. The average molecular weight is 452 g/mol. The van der Waals surface area contributed by atoms with Crippen LogP contribution in [0.25, 0.3) is 0 Å². The van der Waals surface area contributed by atoms with E-state index in [0.717, 1.165) is 31.4 Å². The van der Waals surface area contributed by atoms with E-state index in [2.05, 4.69) is 0 Å². The van der Waals surface area contributed by atoms with E-state index in [-0.39, 0.29) is 6.09 Å². The number of nitrogens with zero attached hydrogens (tertiary/aromatic N) is 2. The first-order chi connectivity index (χ1) is 14.7. The Kier molecular flexibility index (Phi) is 8.45. The van der Waals surface area contributed by atoms with Gasteiger partial charge in [-0.25, -0.2) is 14.8 Å². The van der Waals surface area contributed by atoms with Crippen LogP contribution in [0.15, 0.2) is 30.3 Å². The zero-order valence-electron chi connectivity index (χ0n) is 18.9. The predicted molar refractivity (Wildman–Crippen MR) is 119 cm³/mol. The summed E-state index contributed by atoms with van der Waals surface area (Å²) in [6, 6.07) is 10.0. The molecule has 1 saturated carbocycles. The molecule has 8 heteroatoms. The first-order valence-electron chi connectivity index (χ1n) is 11.3. The van der Waals surface area contributed by atoms with Crippen LogP contribution < -0.4 is 0 Å². The quantitative estimate of drug-likeness (QED) is 0.593. The third kappa shape index (κ3) is 7.53. The first kappa shape index (κ1) is 24.1. The van der Waals surface area contributed by atoms with E-state index in [0.29, 0.717) is 31.3 Å². The molecule has 0 spiro atoms. The number of hydrogen-bond acceptors (Lipinski definition) is 5. The second-order valence-electron chi connectivity index (χ2n) is 9.73. The van der Waals surface area contributed by atoms with Crippen LogP contribution in [0.3, 0.4) is 0 Å². The second-order valence-corrected chi connectivity index (χ2v) is 10.4. The fourth-order valence-corrected chi connectivity index (χ4v) is 5.09. The monoisotopic (exact) mass is 451 g/mol. The van der Waals surface area contributed by atoms with Gasteiger partial charge in [0.05, 0.1) is 0 Å². The third-order valence-electron chi connectivity index (χ3n) is 6.12. The molecule has 1 amide bonds. The molecule has 1 N–H and O–H groups in total.